The Hall–Kier alpha value is -3.41. The number of benzene rings is 2. The predicted molar refractivity (Wildman–Crippen MR) is 107 cm³/mol. The Morgan fingerprint density at radius 3 is 2.62 bits per heavy atom. The topological polar surface area (TPSA) is 96.6 Å². The molecule has 3 aromatic rings. The van der Waals surface area contributed by atoms with Gasteiger partial charge in [0.1, 0.15) is 5.76 Å². The summed E-state index contributed by atoms with van der Waals surface area (Å²) in [6.45, 7) is 1.70. The van der Waals surface area contributed by atoms with Crippen LogP contribution >= 0.6 is 0 Å². The number of amides is 1. The summed E-state index contributed by atoms with van der Waals surface area (Å²) >= 11 is 0. The Labute approximate surface area is 167 Å². The number of carbonyl (C=O) groups is 3. The fraction of sp³-hybridized carbons (Fsp3) is 0.261. The highest BCUT2D eigenvalue weighted by atomic mass is 16.4. The van der Waals surface area contributed by atoms with Gasteiger partial charge in [-0.1, -0.05) is 36.4 Å². The molecule has 1 aliphatic carbocycles. The van der Waals surface area contributed by atoms with Crippen molar-refractivity contribution in [1.82, 2.24) is 5.32 Å². The Kier molecular flexibility index (Phi) is 4.92. The largest absolute Gasteiger partial charge is 0.481 e. The van der Waals surface area contributed by atoms with E-state index in [1.807, 2.05) is 42.5 Å². The third kappa shape index (κ3) is 3.66. The zero-order chi connectivity index (χ0) is 20.5. The SMILES string of the molecule is Cc1c(C(=O)N[C@@H](CC(=O)O)c2ccc3ccccc3c2)oc2c1C(=O)CCC2. The molecule has 6 nitrogen and oxygen atoms in total. The number of carbonyl (C=O) groups excluding carboxylic acids is 2. The van der Waals surface area contributed by atoms with Crippen LogP contribution in [0.3, 0.4) is 0 Å². The fourth-order valence-corrected chi connectivity index (χ4v) is 3.94. The lowest BCUT2D eigenvalue weighted by atomic mass is 9.94. The lowest BCUT2D eigenvalue weighted by Gasteiger charge is -2.17. The van der Waals surface area contributed by atoms with Crippen LogP contribution in [-0.2, 0) is 11.2 Å². The first-order chi connectivity index (χ1) is 13.9. The first-order valence-electron chi connectivity index (χ1n) is 9.61. The normalized spacial score (nSPS) is 14.4. The van der Waals surface area contributed by atoms with Crippen LogP contribution < -0.4 is 5.32 Å². The summed E-state index contributed by atoms with van der Waals surface area (Å²) in [4.78, 5) is 36.5. The van der Waals surface area contributed by atoms with Crippen molar-refractivity contribution in [3.05, 3.63) is 70.7 Å². The van der Waals surface area contributed by atoms with Crippen molar-refractivity contribution in [1.29, 1.82) is 0 Å². The Morgan fingerprint density at radius 2 is 1.90 bits per heavy atom. The Morgan fingerprint density at radius 1 is 1.14 bits per heavy atom. The standard InChI is InChI=1S/C23H21NO5/c1-13-21-18(25)7-4-8-19(21)29-22(13)23(28)24-17(12-20(26)27)16-10-9-14-5-2-3-6-15(14)11-16/h2-3,5-6,9-11,17H,4,7-8,12H2,1H3,(H,24,28)(H,26,27)/t17-/m0/s1. The summed E-state index contributed by atoms with van der Waals surface area (Å²) in [6.07, 6.45) is 1.52. The molecule has 6 heteroatoms. The van der Waals surface area contributed by atoms with E-state index in [-0.39, 0.29) is 18.0 Å². The minimum Gasteiger partial charge on any atom is -0.481 e. The Balaban J connectivity index is 1.65. The number of hydrogen-bond donors (Lipinski definition) is 2. The molecule has 0 aliphatic heterocycles. The molecule has 0 radical (unpaired) electrons. The lowest BCUT2D eigenvalue weighted by Crippen LogP contribution is -2.30. The van der Waals surface area contributed by atoms with Gasteiger partial charge in [0.2, 0.25) is 0 Å². The van der Waals surface area contributed by atoms with Gasteiger partial charge >= 0.3 is 5.97 Å². The number of Topliss-reactive ketones (excluding diaryl/α,β-unsaturated/α-hetero) is 1. The number of ketones is 1. The fourth-order valence-electron chi connectivity index (χ4n) is 3.94. The molecule has 0 unspecified atom stereocenters. The minimum absolute atomic E-state index is 0.0110. The zero-order valence-electron chi connectivity index (χ0n) is 16.0. The molecule has 4 rings (SSSR count). The van der Waals surface area contributed by atoms with Crippen LogP contribution in [0, 0.1) is 6.92 Å². The molecular weight excluding hydrogens is 370 g/mol. The maximum atomic E-state index is 12.9. The van der Waals surface area contributed by atoms with E-state index in [0.717, 1.165) is 10.8 Å². The molecule has 148 valence electrons. The molecule has 1 atom stereocenters. The number of aryl methyl sites for hydroxylation is 1. The van der Waals surface area contributed by atoms with Gasteiger partial charge in [0.05, 0.1) is 18.0 Å². The molecule has 1 aromatic heterocycles. The van der Waals surface area contributed by atoms with E-state index >= 15 is 0 Å². The first kappa shape index (κ1) is 18.9. The number of rotatable bonds is 5. The highest BCUT2D eigenvalue weighted by molar-refractivity contribution is 6.03. The molecule has 0 fully saturated rings. The van der Waals surface area contributed by atoms with Crippen molar-refractivity contribution in [3.8, 4) is 0 Å². The van der Waals surface area contributed by atoms with Crippen molar-refractivity contribution < 1.29 is 23.9 Å². The van der Waals surface area contributed by atoms with Crippen LogP contribution in [0.4, 0.5) is 0 Å². The van der Waals surface area contributed by atoms with Crippen molar-refractivity contribution in [3.63, 3.8) is 0 Å². The number of fused-ring (bicyclic) bond motifs is 2. The summed E-state index contributed by atoms with van der Waals surface area (Å²) in [6, 6.07) is 12.6. The van der Waals surface area contributed by atoms with Crippen LogP contribution in [0.2, 0.25) is 0 Å². The first-order valence-corrected chi connectivity index (χ1v) is 9.61. The molecule has 1 heterocycles. The molecule has 1 aliphatic rings. The molecule has 0 saturated heterocycles. The van der Waals surface area contributed by atoms with E-state index in [2.05, 4.69) is 5.32 Å². The van der Waals surface area contributed by atoms with E-state index < -0.39 is 17.9 Å². The second kappa shape index (κ2) is 7.54. The third-order valence-corrected chi connectivity index (χ3v) is 5.37. The quantitative estimate of drug-likeness (QED) is 0.679. The Bertz CT molecular complexity index is 1130. The van der Waals surface area contributed by atoms with Crippen LogP contribution in [-0.4, -0.2) is 22.8 Å². The molecule has 0 saturated carbocycles. The van der Waals surface area contributed by atoms with E-state index in [4.69, 9.17) is 4.42 Å². The monoisotopic (exact) mass is 391 g/mol. The third-order valence-electron chi connectivity index (χ3n) is 5.37. The zero-order valence-corrected chi connectivity index (χ0v) is 16.0. The number of hydrogen-bond acceptors (Lipinski definition) is 4. The van der Waals surface area contributed by atoms with Gasteiger partial charge in [-0.25, -0.2) is 0 Å². The van der Waals surface area contributed by atoms with Gasteiger partial charge in [-0.15, -0.1) is 0 Å². The number of carboxylic acids is 1. The molecule has 2 aromatic carbocycles. The van der Waals surface area contributed by atoms with Crippen LogP contribution in [0.15, 0.2) is 46.9 Å². The maximum absolute atomic E-state index is 12.9. The average Bonchev–Trinajstić information content (AvgIpc) is 3.04. The molecule has 2 N–H and O–H groups in total. The summed E-state index contributed by atoms with van der Waals surface area (Å²) in [5, 5.41) is 14.1. The van der Waals surface area contributed by atoms with Crippen molar-refractivity contribution in [2.75, 3.05) is 0 Å². The molecular formula is C23H21NO5. The highest BCUT2D eigenvalue weighted by Gasteiger charge is 2.30. The van der Waals surface area contributed by atoms with Crippen LogP contribution in [0.5, 0.6) is 0 Å². The van der Waals surface area contributed by atoms with Gasteiger partial charge in [-0.05, 0) is 35.7 Å². The second-order valence-electron chi connectivity index (χ2n) is 7.36. The maximum Gasteiger partial charge on any atom is 0.305 e. The smallest absolute Gasteiger partial charge is 0.305 e. The van der Waals surface area contributed by atoms with Crippen LogP contribution in [0.25, 0.3) is 10.8 Å². The van der Waals surface area contributed by atoms with Gasteiger partial charge in [0.15, 0.2) is 11.5 Å². The van der Waals surface area contributed by atoms with Crippen molar-refractivity contribution in [2.45, 2.75) is 38.6 Å². The number of furan rings is 1. The lowest BCUT2D eigenvalue weighted by molar-refractivity contribution is -0.137. The van der Waals surface area contributed by atoms with Crippen LogP contribution in [0.1, 0.15) is 63.1 Å². The highest BCUT2D eigenvalue weighted by Crippen LogP contribution is 2.30. The number of carboxylic acid groups (broad SMARTS) is 1. The second-order valence-corrected chi connectivity index (χ2v) is 7.36. The minimum atomic E-state index is -1.02. The van der Waals surface area contributed by atoms with Gasteiger partial charge in [0.25, 0.3) is 5.91 Å². The summed E-state index contributed by atoms with van der Waals surface area (Å²) in [5.74, 6) is -0.910. The molecule has 1 amide bonds. The summed E-state index contributed by atoms with van der Waals surface area (Å²) in [7, 11) is 0. The average molecular weight is 391 g/mol. The molecule has 29 heavy (non-hydrogen) atoms. The van der Waals surface area contributed by atoms with E-state index in [1.54, 1.807) is 6.92 Å². The van der Waals surface area contributed by atoms with E-state index in [9.17, 15) is 19.5 Å². The number of nitrogens with one attached hydrogen (secondary N) is 1. The van der Waals surface area contributed by atoms with Crippen molar-refractivity contribution in [2.24, 2.45) is 0 Å². The molecule has 0 bridgehead atoms. The van der Waals surface area contributed by atoms with Gasteiger partial charge in [-0.3, -0.25) is 14.4 Å². The van der Waals surface area contributed by atoms with E-state index in [1.165, 1.54) is 0 Å². The summed E-state index contributed by atoms with van der Waals surface area (Å²) < 4.78 is 5.70. The number of aliphatic carboxylic acids is 1. The predicted octanol–water partition coefficient (Wildman–Crippen LogP) is 4.21. The van der Waals surface area contributed by atoms with Gasteiger partial charge in [0, 0.05) is 18.4 Å². The molecule has 0 spiro atoms. The van der Waals surface area contributed by atoms with Crippen molar-refractivity contribution >= 4 is 28.4 Å². The summed E-state index contributed by atoms with van der Waals surface area (Å²) in [5.41, 5.74) is 1.72. The van der Waals surface area contributed by atoms with Gasteiger partial charge < -0.3 is 14.8 Å². The van der Waals surface area contributed by atoms with Gasteiger partial charge in [-0.2, -0.15) is 0 Å². The van der Waals surface area contributed by atoms with E-state index in [0.29, 0.717) is 41.7 Å².